The van der Waals surface area contributed by atoms with Crippen molar-refractivity contribution in [3.8, 4) is 0 Å². The summed E-state index contributed by atoms with van der Waals surface area (Å²) in [6, 6.07) is -0.628. The van der Waals surface area contributed by atoms with Gasteiger partial charge in [-0.25, -0.2) is 0 Å². The molecule has 0 rings (SSSR count). The summed E-state index contributed by atoms with van der Waals surface area (Å²) < 4.78 is 5.46. The molecule has 438 valence electrons. The van der Waals surface area contributed by atoms with Gasteiger partial charge < -0.3 is 20.3 Å². The quantitative estimate of drug-likeness (QED) is 0.0320. The van der Waals surface area contributed by atoms with Gasteiger partial charge in [0, 0.05) is 12.8 Å². The molecule has 0 fully saturated rings. The largest absolute Gasteiger partial charge is 0.466 e. The summed E-state index contributed by atoms with van der Waals surface area (Å²) in [5.41, 5.74) is 0. The van der Waals surface area contributed by atoms with Crippen molar-refractivity contribution in [1.82, 2.24) is 5.32 Å². The minimum Gasteiger partial charge on any atom is -0.466 e. The molecule has 0 saturated carbocycles. The third-order valence-electron chi connectivity index (χ3n) is 15.7. The molecule has 2 atom stereocenters. The number of hydrogen-bond donors (Lipinski definition) is 3. The first-order valence-corrected chi connectivity index (χ1v) is 33.6. The number of rotatable bonds is 63. The number of esters is 1. The Bertz CT molecular complexity index is 1150. The molecule has 0 aliphatic rings. The standard InChI is InChI=1S/C68H131NO5/c1-3-5-7-9-11-13-15-16-17-18-19-20-22-25-28-31-34-37-41-44-48-52-56-60-66(71)65(64-70)69-67(72)61-57-53-49-45-42-38-35-32-29-26-23-21-24-27-30-33-36-39-43-47-51-55-59-63-74-68(73)62-58-54-50-46-40-14-12-10-8-6-4-2/h10,12,56,60,65-66,70-71H,3-9,11,13-55,57-59,61-64H2,1-2H3,(H,69,72)/b12-10-,60-56+. The first-order valence-electron chi connectivity index (χ1n) is 33.6. The van der Waals surface area contributed by atoms with Crippen molar-refractivity contribution in [2.45, 2.75) is 386 Å². The summed E-state index contributed by atoms with van der Waals surface area (Å²) >= 11 is 0. The van der Waals surface area contributed by atoms with Gasteiger partial charge in [0.25, 0.3) is 0 Å². The second-order valence-electron chi connectivity index (χ2n) is 23.2. The highest BCUT2D eigenvalue weighted by Gasteiger charge is 2.18. The maximum atomic E-state index is 12.5. The number of ether oxygens (including phenoxy) is 1. The van der Waals surface area contributed by atoms with E-state index in [1.807, 2.05) is 6.08 Å². The number of nitrogens with one attached hydrogen (secondary N) is 1. The Morgan fingerprint density at radius 1 is 0.365 bits per heavy atom. The molecule has 0 bridgehead atoms. The minimum atomic E-state index is -0.845. The molecule has 6 heteroatoms. The van der Waals surface area contributed by atoms with Gasteiger partial charge in [-0.15, -0.1) is 0 Å². The molecule has 0 aliphatic heterocycles. The van der Waals surface area contributed by atoms with Crippen molar-refractivity contribution in [3.63, 3.8) is 0 Å². The summed E-state index contributed by atoms with van der Waals surface area (Å²) in [6.07, 6.45) is 79.6. The summed E-state index contributed by atoms with van der Waals surface area (Å²) in [6.45, 7) is 4.90. The van der Waals surface area contributed by atoms with Crippen molar-refractivity contribution in [1.29, 1.82) is 0 Å². The van der Waals surface area contributed by atoms with Crippen LogP contribution in [0.4, 0.5) is 0 Å². The lowest BCUT2D eigenvalue weighted by molar-refractivity contribution is -0.143. The van der Waals surface area contributed by atoms with Crippen molar-refractivity contribution >= 4 is 11.9 Å². The highest BCUT2D eigenvalue weighted by molar-refractivity contribution is 5.76. The average molecular weight is 1040 g/mol. The molecule has 0 aliphatic carbocycles. The molecule has 74 heavy (non-hydrogen) atoms. The maximum absolute atomic E-state index is 12.5. The zero-order valence-corrected chi connectivity index (χ0v) is 50.1. The molecule has 0 spiro atoms. The molecule has 0 aromatic rings. The first-order chi connectivity index (χ1) is 36.5. The first kappa shape index (κ1) is 72.3. The van der Waals surface area contributed by atoms with Crippen LogP contribution in [-0.2, 0) is 14.3 Å². The van der Waals surface area contributed by atoms with Crippen LogP contribution in [0.2, 0.25) is 0 Å². The van der Waals surface area contributed by atoms with Gasteiger partial charge in [-0.05, 0) is 51.4 Å². The van der Waals surface area contributed by atoms with Crippen molar-refractivity contribution < 1.29 is 24.5 Å². The van der Waals surface area contributed by atoms with E-state index in [1.54, 1.807) is 6.08 Å². The number of allylic oxidation sites excluding steroid dienone is 3. The molecule has 1 amide bonds. The molecule has 2 unspecified atom stereocenters. The SMILES string of the molecule is CCCC/C=C\CCCCCCCC(=O)OCCCCCCCCCCCCCCCCCCCCCCCCCC(=O)NC(CO)C(O)/C=C/CCCCCCCCCCCCCCCCCCCCCCC. The Kier molecular flexibility index (Phi) is 62.4. The molecule has 0 radical (unpaired) electrons. The van der Waals surface area contributed by atoms with Gasteiger partial charge >= 0.3 is 5.97 Å². The number of amides is 1. The predicted octanol–water partition coefficient (Wildman–Crippen LogP) is 21.4. The average Bonchev–Trinajstić information content (AvgIpc) is 3.40. The Balaban J connectivity index is 3.41. The van der Waals surface area contributed by atoms with Crippen LogP contribution in [0.1, 0.15) is 373 Å². The number of unbranched alkanes of at least 4 members (excludes halogenated alkanes) is 50. The van der Waals surface area contributed by atoms with E-state index < -0.39 is 12.1 Å². The number of aliphatic hydroxyl groups excluding tert-OH is 2. The van der Waals surface area contributed by atoms with Crippen molar-refractivity contribution in [3.05, 3.63) is 24.3 Å². The minimum absolute atomic E-state index is 0.00337. The van der Waals surface area contributed by atoms with E-state index in [0.717, 1.165) is 44.9 Å². The van der Waals surface area contributed by atoms with Crippen molar-refractivity contribution in [2.75, 3.05) is 13.2 Å². The summed E-state index contributed by atoms with van der Waals surface area (Å²) in [4.78, 5) is 24.5. The Hall–Kier alpha value is -1.66. The predicted molar refractivity (Wildman–Crippen MR) is 324 cm³/mol. The number of aliphatic hydroxyl groups is 2. The second-order valence-corrected chi connectivity index (χ2v) is 23.2. The third-order valence-corrected chi connectivity index (χ3v) is 15.7. The van der Waals surface area contributed by atoms with Crippen molar-refractivity contribution in [2.24, 2.45) is 0 Å². The number of carbonyl (C=O) groups excluding carboxylic acids is 2. The van der Waals surface area contributed by atoms with Gasteiger partial charge in [-0.2, -0.15) is 0 Å². The van der Waals surface area contributed by atoms with E-state index in [4.69, 9.17) is 4.74 Å². The number of hydrogen-bond acceptors (Lipinski definition) is 5. The Morgan fingerprint density at radius 3 is 1.00 bits per heavy atom. The van der Waals surface area contributed by atoms with Crippen LogP contribution in [0, 0.1) is 0 Å². The van der Waals surface area contributed by atoms with Gasteiger partial charge in [0.15, 0.2) is 0 Å². The van der Waals surface area contributed by atoms with Crippen LogP contribution in [0.15, 0.2) is 24.3 Å². The maximum Gasteiger partial charge on any atom is 0.305 e. The Labute approximate surface area is 462 Å². The van der Waals surface area contributed by atoms with Crippen LogP contribution >= 0.6 is 0 Å². The lowest BCUT2D eigenvalue weighted by atomic mass is 10.0. The van der Waals surface area contributed by atoms with Crippen LogP contribution in [0.25, 0.3) is 0 Å². The zero-order chi connectivity index (χ0) is 53.6. The van der Waals surface area contributed by atoms with E-state index in [-0.39, 0.29) is 18.5 Å². The summed E-state index contributed by atoms with van der Waals surface area (Å²) in [5, 5.41) is 23.3. The zero-order valence-electron chi connectivity index (χ0n) is 50.1. The number of carbonyl (C=O) groups is 2. The fourth-order valence-corrected chi connectivity index (χ4v) is 10.6. The van der Waals surface area contributed by atoms with Gasteiger partial charge in [0.2, 0.25) is 5.91 Å². The summed E-state index contributed by atoms with van der Waals surface area (Å²) in [7, 11) is 0. The molecular weight excluding hydrogens is 911 g/mol. The fourth-order valence-electron chi connectivity index (χ4n) is 10.6. The lowest BCUT2D eigenvalue weighted by Gasteiger charge is -2.20. The van der Waals surface area contributed by atoms with Crippen LogP contribution in [0.5, 0.6) is 0 Å². The third kappa shape index (κ3) is 59.6. The normalized spacial score (nSPS) is 12.6. The van der Waals surface area contributed by atoms with Gasteiger partial charge in [-0.1, -0.05) is 334 Å². The van der Waals surface area contributed by atoms with Gasteiger partial charge in [-0.3, -0.25) is 9.59 Å². The van der Waals surface area contributed by atoms with Gasteiger partial charge in [0.05, 0.1) is 25.4 Å². The van der Waals surface area contributed by atoms with E-state index in [0.29, 0.717) is 19.4 Å². The van der Waals surface area contributed by atoms with Crippen LogP contribution in [-0.4, -0.2) is 47.4 Å². The molecule has 6 nitrogen and oxygen atoms in total. The fraction of sp³-hybridized carbons (Fsp3) is 0.912. The highest BCUT2D eigenvalue weighted by atomic mass is 16.5. The molecule has 0 saturated heterocycles. The van der Waals surface area contributed by atoms with E-state index >= 15 is 0 Å². The topological polar surface area (TPSA) is 95.9 Å². The smallest absolute Gasteiger partial charge is 0.305 e. The van der Waals surface area contributed by atoms with Crippen LogP contribution < -0.4 is 5.32 Å². The summed E-state index contributed by atoms with van der Waals surface area (Å²) in [5.74, 6) is -0.0601. The Morgan fingerprint density at radius 2 is 0.649 bits per heavy atom. The molecule has 0 aromatic carbocycles. The lowest BCUT2D eigenvalue weighted by Crippen LogP contribution is -2.45. The van der Waals surface area contributed by atoms with E-state index in [9.17, 15) is 19.8 Å². The second kappa shape index (κ2) is 63.9. The molecule has 0 aromatic heterocycles. The van der Waals surface area contributed by atoms with E-state index in [2.05, 4.69) is 31.3 Å². The monoisotopic (exact) mass is 1040 g/mol. The van der Waals surface area contributed by atoms with E-state index in [1.165, 1.54) is 302 Å². The highest BCUT2D eigenvalue weighted by Crippen LogP contribution is 2.19. The molecular formula is C68H131NO5. The molecule has 0 heterocycles. The van der Waals surface area contributed by atoms with Crippen LogP contribution in [0.3, 0.4) is 0 Å². The molecule has 3 N–H and O–H groups in total. The van der Waals surface area contributed by atoms with Gasteiger partial charge in [0.1, 0.15) is 0 Å².